The van der Waals surface area contributed by atoms with E-state index >= 15 is 0 Å². The lowest BCUT2D eigenvalue weighted by Crippen LogP contribution is -2.60. The number of nitrogens with zero attached hydrogens (tertiary/aromatic N) is 5. The van der Waals surface area contributed by atoms with E-state index in [0.717, 1.165) is 6.20 Å². The Morgan fingerprint density at radius 2 is 1.83 bits per heavy atom. The number of carbonyl (C=O) groups is 1. The summed E-state index contributed by atoms with van der Waals surface area (Å²) in [6.45, 7) is 0.528. The number of rotatable bonds is 9. The highest BCUT2D eigenvalue weighted by Crippen LogP contribution is 2.31. The van der Waals surface area contributed by atoms with Crippen LogP contribution in [0.15, 0.2) is 23.4 Å². The van der Waals surface area contributed by atoms with Crippen molar-refractivity contribution in [3.63, 3.8) is 0 Å². The van der Waals surface area contributed by atoms with Crippen LogP contribution in [0, 0.1) is 0 Å². The van der Waals surface area contributed by atoms with Crippen molar-refractivity contribution >= 4 is 17.5 Å². The number of aromatic amines is 1. The van der Waals surface area contributed by atoms with Crippen LogP contribution in [0.3, 0.4) is 0 Å². The van der Waals surface area contributed by atoms with E-state index in [1.54, 1.807) is 17.0 Å². The van der Waals surface area contributed by atoms with Gasteiger partial charge in [0, 0.05) is 45.7 Å². The molecule has 192 valence electrons. The predicted octanol–water partition coefficient (Wildman–Crippen LogP) is 1.76. The molecule has 0 bridgehead atoms. The molecule has 0 unspecified atom stereocenters. The Hall–Kier alpha value is -3.43. The van der Waals surface area contributed by atoms with Gasteiger partial charge in [0.15, 0.2) is 0 Å². The van der Waals surface area contributed by atoms with E-state index in [0.29, 0.717) is 25.5 Å². The van der Waals surface area contributed by atoms with Gasteiger partial charge in [-0.15, -0.1) is 0 Å². The zero-order valence-corrected chi connectivity index (χ0v) is 18.3. The molecule has 1 aliphatic heterocycles. The molecule has 0 aliphatic carbocycles. The lowest BCUT2D eigenvalue weighted by atomic mass is 10.1. The van der Waals surface area contributed by atoms with Crippen molar-refractivity contribution in [1.29, 1.82) is 0 Å². The van der Waals surface area contributed by atoms with Crippen LogP contribution in [0.2, 0.25) is 0 Å². The van der Waals surface area contributed by atoms with Gasteiger partial charge in [0.2, 0.25) is 11.9 Å². The van der Waals surface area contributed by atoms with Crippen molar-refractivity contribution in [1.82, 2.24) is 25.1 Å². The minimum absolute atomic E-state index is 0.0446. The maximum absolute atomic E-state index is 13.0. The van der Waals surface area contributed by atoms with Crippen molar-refractivity contribution in [3.8, 4) is 0 Å². The minimum Gasteiger partial charge on any atom is -0.383 e. The minimum atomic E-state index is -4.85. The molecule has 1 amide bonds. The summed E-state index contributed by atoms with van der Waals surface area (Å²) in [5.74, 6) is -0.211. The highest BCUT2D eigenvalue weighted by atomic mass is 19.4. The van der Waals surface area contributed by atoms with Gasteiger partial charge in [0.1, 0.15) is 12.2 Å². The second kappa shape index (κ2) is 10.5. The van der Waals surface area contributed by atoms with E-state index in [2.05, 4.69) is 20.4 Å². The molecule has 35 heavy (non-hydrogen) atoms. The summed E-state index contributed by atoms with van der Waals surface area (Å²) in [5.41, 5.74) is -4.13. The molecule has 2 N–H and O–H groups in total. The number of halogens is 6. The van der Waals surface area contributed by atoms with Gasteiger partial charge in [0.05, 0.1) is 23.5 Å². The topological polar surface area (TPSA) is 116 Å². The van der Waals surface area contributed by atoms with Crippen LogP contribution in [-0.4, -0.2) is 76.9 Å². The maximum atomic E-state index is 13.0. The molecule has 1 fully saturated rings. The number of ether oxygens (including phenoxy) is 1. The SMILES string of the molecule is CN(C(=O)COCCCNc1cn[nH]c(=O)c1C(F)(F)F)C1CN(c2ncc(C(F)(F)F)cn2)C1. The molecule has 3 rings (SSSR count). The molecule has 0 saturated carbocycles. The van der Waals surface area contributed by atoms with E-state index < -0.39 is 34.7 Å². The fourth-order valence-corrected chi connectivity index (χ4v) is 3.17. The molecule has 1 saturated heterocycles. The summed E-state index contributed by atoms with van der Waals surface area (Å²) >= 11 is 0. The zero-order valence-electron chi connectivity index (χ0n) is 18.3. The van der Waals surface area contributed by atoms with E-state index in [9.17, 15) is 35.9 Å². The van der Waals surface area contributed by atoms with Crippen molar-refractivity contribution in [2.45, 2.75) is 24.8 Å². The van der Waals surface area contributed by atoms with Crippen molar-refractivity contribution in [3.05, 3.63) is 40.1 Å². The van der Waals surface area contributed by atoms with Crippen molar-refractivity contribution in [2.75, 3.05) is 50.1 Å². The molecular weight excluding hydrogens is 488 g/mol. The first-order valence-corrected chi connectivity index (χ1v) is 10.2. The van der Waals surface area contributed by atoms with Gasteiger partial charge in [-0.05, 0) is 6.42 Å². The standard InChI is InChI=1S/C19H21F6N7O3/c1-31(12-8-32(9-12)17-27-5-11(6-28-17)18(20,21)22)14(33)10-35-4-2-3-26-13-7-29-30-16(34)15(13)19(23,24)25/h5-7,12H,2-4,8-10H2,1H3,(H2,26,30,34). The fraction of sp³-hybridized carbons (Fsp3) is 0.526. The van der Waals surface area contributed by atoms with Gasteiger partial charge >= 0.3 is 12.4 Å². The number of aromatic nitrogens is 4. The number of alkyl halides is 6. The molecule has 0 radical (unpaired) electrons. The monoisotopic (exact) mass is 509 g/mol. The van der Waals surface area contributed by atoms with E-state index in [1.807, 2.05) is 0 Å². The number of amides is 1. The van der Waals surface area contributed by atoms with Gasteiger partial charge in [-0.25, -0.2) is 15.1 Å². The molecule has 10 nitrogen and oxygen atoms in total. The second-order valence-electron chi connectivity index (χ2n) is 7.65. The number of likely N-dealkylation sites (N-methyl/N-ethyl adjacent to an activating group) is 1. The molecule has 0 atom stereocenters. The van der Waals surface area contributed by atoms with Gasteiger partial charge < -0.3 is 19.9 Å². The third-order valence-corrected chi connectivity index (χ3v) is 5.20. The fourth-order valence-electron chi connectivity index (χ4n) is 3.17. The summed E-state index contributed by atoms with van der Waals surface area (Å²) in [4.78, 5) is 34.1. The normalized spacial score (nSPS) is 14.5. The maximum Gasteiger partial charge on any atom is 0.423 e. The first kappa shape index (κ1) is 26.2. The van der Waals surface area contributed by atoms with Crippen LogP contribution < -0.4 is 15.8 Å². The average Bonchev–Trinajstić information content (AvgIpc) is 2.73. The van der Waals surface area contributed by atoms with Crippen LogP contribution in [0.1, 0.15) is 17.5 Å². The quantitative estimate of drug-likeness (QED) is 0.388. The van der Waals surface area contributed by atoms with Crippen molar-refractivity contribution < 1.29 is 35.9 Å². The molecule has 0 spiro atoms. The van der Waals surface area contributed by atoms with Gasteiger partial charge in [0.25, 0.3) is 5.56 Å². The average molecular weight is 509 g/mol. The van der Waals surface area contributed by atoms with Crippen LogP contribution >= 0.6 is 0 Å². The summed E-state index contributed by atoms with van der Waals surface area (Å²) in [7, 11) is 1.56. The Bertz CT molecular complexity index is 1070. The molecule has 0 aromatic carbocycles. The first-order valence-electron chi connectivity index (χ1n) is 10.2. The number of anilines is 2. The number of hydrogen-bond donors (Lipinski definition) is 2. The van der Waals surface area contributed by atoms with Crippen molar-refractivity contribution in [2.24, 2.45) is 0 Å². The summed E-state index contributed by atoms with van der Waals surface area (Å²) in [6, 6.07) is -0.205. The third kappa shape index (κ3) is 6.58. The Kier molecular flexibility index (Phi) is 7.82. The second-order valence-corrected chi connectivity index (χ2v) is 7.65. The first-order chi connectivity index (χ1) is 16.4. The molecular formula is C19H21F6N7O3. The van der Waals surface area contributed by atoms with Crippen LogP contribution in [0.25, 0.3) is 0 Å². The summed E-state index contributed by atoms with van der Waals surface area (Å²) in [6.07, 6.45) is -6.86. The van der Waals surface area contributed by atoms with E-state index in [-0.39, 0.29) is 44.1 Å². The lowest BCUT2D eigenvalue weighted by molar-refractivity contribution is -0.139. The number of nitrogens with one attached hydrogen (secondary N) is 2. The number of H-pyrrole nitrogens is 1. The van der Waals surface area contributed by atoms with Crippen LogP contribution in [0.4, 0.5) is 38.0 Å². The third-order valence-electron chi connectivity index (χ3n) is 5.20. The highest BCUT2D eigenvalue weighted by Gasteiger charge is 2.37. The zero-order chi connectivity index (χ0) is 25.8. The number of carbonyl (C=O) groups excluding carboxylic acids is 1. The lowest BCUT2D eigenvalue weighted by Gasteiger charge is -2.43. The molecule has 2 aromatic rings. The Morgan fingerprint density at radius 1 is 1.17 bits per heavy atom. The van der Waals surface area contributed by atoms with Gasteiger partial charge in [-0.1, -0.05) is 0 Å². The number of hydrogen-bond acceptors (Lipinski definition) is 8. The largest absolute Gasteiger partial charge is 0.423 e. The Balaban J connectivity index is 1.35. The van der Waals surface area contributed by atoms with Crippen LogP contribution in [-0.2, 0) is 21.9 Å². The molecule has 3 heterocycles. The summed E-state index contributed by atoms with van der Waals surface area (Å²) in [5, 5.41) is 7.56. The predicted molar refractivity (Wildman–Crippen MR) is 110 cm³/mol. The molecule has 1 aliphatic rings. The Morgan fingerprint density at radius 3 is 2.43 bits per heavy atom. The van der Waals surface area contributed by atoms with Gasteiger partial charge in [-0.3, -0.25) is 9.59 Å². The van der Waals surface area contributed by atoms with Crippen LogP contribution in [0.5, 0.6) is 0 Å². The smallest absolute Gasteiger partial charge is 0.383 e. The van der Waals surface area contributed by atoms with E-state index in [1.165, 1.54) is 4.90 Å². The molecule has 16 heteroatoms. The highest BCUT2D eigenvalue weighted by molar-refractivity contribution is 5.78. The van der Waals surface area contributed by atoms with E-state index in [4.69, 9.17) is 4.74 Å². The summed E-state index contributed by atoms with van der Waals surface area (Å²) < 4.78 is 82.0. The molecule has 2 aromatic heterocycles. The Labute approximate surface area is 194 Å². The van der Waals surface area contributed by atoms with Gasteiger partial charge in [-0.2, -0.15) is 31.4 Å².